The number of anilines is 2. The molecule has 3 N–H and O–H groups in total. The zero-order valence-electron chi connectivity index (χ0n) is 9.31. The van der Waals surface area contributed by atoms with E-state index in [-0.39, 0.29) is 11.9 Å². The number of nitrogens with two attached hydrogens (primary N) is 1. The number of nitrogens with one attached hydrogen (secondary N) is 1. The highest BCUT2D eigenvalue weighted by Gasteiger charge is 2.30. The Balaban J connectivity index is 2.19. The quantitative estimate of drug-likeness (QED) is 0.755. The topological polar surface area (TPSA) is 71.2 Å². The lowest BCUT2D eigenvalue weighted by atomic mass is 10.2. The van der Waals surface area contributed by atoms with Crippen molar-refractivity contribution in [1.82, 2.24) is 10.3 Å². The maximum atomic E-state index is 11.7. The van der Waals surface area contributed by atoms with E-state index in [2.05, 4.69) is 15.2 Å². The predicted octanol–water partition coefficient (Wildman–Crippen LogP) is 0.379. The smallest absolute Gasteiger partial charge is 0.242 e. The summed E-state index contributed by atoms with van der Waals surface area (Å²) in [7, 11) is 1.67. The Labute approximate surface area is 94.6 Å². The Kier molecular flexibility index (Phi) is 2.94. The minimum absolute atomic E-state index is 0.0642. The molecule has 0 saturated carbocycles. The van der Waals surface area contributed by atoms with Gasteiger partial charge in [-0.15, -0.1) is 0 Å². The molecule has 0 aromatic carbocycles. The van der Waals surface area contributed by atoms with Crippen molar-refractivity contribution >= 4 is 17.4 Å². The summed E-state index contributed by atoms with van der Waals surface area (Å²) in [5.41, 5.74) is 6.50. The van der Waals surface area contributed by atoms with Crippen molar-refractivity contribution in [1.29, 1.82) is 0 Å². The number of nitrogens with zero attached hydrogens (tertiary/aromatic N) is 2. The minimum atomic E-state index is -0.0737. The molecule has 1 aliphatic heterocycles. The molecule has 2 rings (SSSR count). The number of hydrogen-bond acceptors (Lipinski definition) is 4. The average molecular weight is 220 g/mol. The van der Waals surface area contributed by atoms with Gasteiger partial charge in [-0.2, -0.15) is 0 Å². The van der Waals surface area contributed by atoms with E-state index in [1.165, 1.54) is 0 Å². The van der Waals surface area contributed by atoms with Crippen LogP contribution in [0.15, 0.2) is 18.3 Å². The summed E-state index contributed by atoms with van der Waals surface area (Å²) in [6.45, 7) is 0.893. The molecule has 16 heavy (non-hydrogen) atoms. The molecule has 1 aromatic rings. The summed E-state index contributed by atoms with van der Waals surface area (Å²) in [5, 5.41) is 2.69. The first-order valence-corrected chi connectivity index (χ1v) is 5.42. The molecule has 0 spiro atoms. The average Bonchev–Trinajstić information content (AvgIpc) is 2.78. The van der Waals surface area contributed by atoms with E-state index in [9.17, 15) is 4.79 Å². The van der Waals surface area contributed by atoms with Crippen molar-refractivity contribution < 1.29 is 4.79 Å². The first-order chi connectivity index (χ1) is 7.72. The van der Waals surface area contributed by atoms with Crippen molar-refractivity contribution in [3.05, 3.63) is 18.3 Å². The van der Waals surface area contributed by atoms with E-state index in [4.69, 9.17) is 5.73 Å². The Morgan fingerprint density at radius 3 is 3.06 bits per heavy atom. The molecule has 1 atom stereocenters. The van der Waals surface area contributed by atoms with E-state index in [0.29, 0.717) is 5.82 Å². The van der Waals surface area contributed by atoms with Crippen LogP contribution in [-0.2, 0) is 4.79 Å². The van der Waals surface area contributed by atoms with Crippen LogP contribution in [0.3, 0.4) is 0 Å². The van der Waals surface area contributed by atoms with E-state index in [1.807, 2.05) is 6.07 Å². The number of carbonyl (C=O) groups excluding carboxylic acids is 1. The second-order valence-electron chi connectivity index (χ2n) is 3.91. The van der Waals surface area contributed by atoms with Gasteiger partial charge in [0, 0.05) is 13.6 Å². The number of rotatable bonds is 2. The van der Waals surface area contributed by atoms with Gasteiger partial charge in [-0.05, 0) is 25.0 Å². The maximum Gasteiger partial charge on any atom is 0.242 e. The van der Waals surface area contributed by atoms with Gasteiger partial charge in [0.25, 0.3) is 0 Å². The molecule has 0 bridgehead atoms. The van der Waals surface area contributed by atoms with Crippen molar-refractivity contribution in [3.63, 3.8) is 0 Å². The summed E-state index contributed by atoms with van der Waals surface area (Å²) < 4.78 is 0. The first-order valence-electron chi connectivity index (χ1n) is 5.42. The van der Waals surface area contributed by atoms with Crippen LogP contribution in [0.2, 0.25) is 0 Å². The van der Waals surface area contributed by atoms with E-state index < -0.39 is 0 Å². The van der Waals surface area contributed by atoms with Gasteiger partial charge >= 0.3 is 0 Å². The van der Waals surface area contributed by atoms with Crippen LogP contribution in [-0.4, -0.2) is 30.5 Å². The molecule has 5 nitrogen and oxygen atoms in total. The Hall–Kier alpha value is -1.78. The third-order valence-electron chi connectivity index (χ3n) is 2.90. The highest BCUT2D eigenvalue weighted by atomic mass is 16.2. The molecule has 1 saturated heterocycles. The maximum absolute atomic E-state index is 11.7. The molecule has 86 valence electrons. The molecule has 1 aliphatic rings. The summed E-state index contributed by atoms with van der Waals surface area (Å²) in [5.74, 6) is 0.564. The van der Waals surface area contributed by atoms with Crippen LogP contribution in [0.4, 0.5) is 11.5 Å². The fraction of sp³-hybridized carbons (Fsp3) is 0.455. The van der Waals surface area contributed by atoms with Crippen LogP contribution in [0.25, 0.3) is 0 Å². The molecule has 2 heterocycles. The summed E-state index contributed by atoms with van der Waals surface area (Å²) in [6.07, 6.45) is 3.64. The van der Waals surface area contributed by atoms with Gasteiger partial charge in [-0.3, -0.25) is 4.79 Å². The number of pyridine rings is 1. The van der Waals surface area contributed by atoms with Crippen molar-refractivity contribution in [3.8, 4) is 0 Å². The first kappa shape index (κ1) is 10.7. The van der Waals surface area contributed by atoms with Gasteiger partial charge < -0.3 is 16.0 Å². The molecule has 0 radical (unpaired) electrons. The zero-order chi connectivity index (χ0) is 11.5. The van der Waals surface area contributed by atoms with Crippen LogP contribution < -0.4 is 16.0 Å². The normalized spacial score (nSPS) is 19.8. The molecular formula is C11H16N4O. The van der Waals surface area contributed by atoms with Gasteiger partial charge in [0.15, 0.2) is 0 Å². The number of likely N-dealkylation sites (N-methyl/N-ethyl adjacent to an activating group) is 1. The largest absolute Gasteiger partial charge is 0.384 e. The van der Waals surface area contributed by atoms with Gasteiger partial charge in [-0.1, -0.05) is 0 Å². The molecule has 0 aliphatic carbocycles. The van der Waals surface area contributed by atoms with Crippen molar-refractivity contribution in [2.45, 2.75) is 18.9 Å². The van der Waals surface area contributed by atoms with Crippen LogP contribution in [0, 0.1) is 0 Å². The van der Waals surface area contributed by atoms with Crippen molar-refractivity contribution in [2.24, 2.45) is 0 Å². The zero-order valence-corrected chi connectivity index (χ0v) is 9.31. The molecule has 1 fully saturated rings. The number of amides is 1. The van der Waals surface area contributed by atoms with Gasteiger partial charge in [0.1, 0.15) is 11.9 Å². The number of nitrogen functional groups attached to an aromatic ring is 1. The van der Waals surface area contributed by atoms with Crippen LogP contribution >= 0.6 is 0 Å². The second kappa shape index (κ2) is 4.38. The molecule has 1 amide bonds. The Morgan fingerprint density at radius 2 is 2.44 bits per heavy atom. The summed E-state index contributed by atoms with van der Waals surface area (Å²) in [6, 6.07) is 3.59. The van der Waals surface area contributed by atoms with Crippen LogP contribution in [0.1, 0.15) is 12.8 Å². The number of aromatic nitrogens is 1. The van der Waals surface area contributed by atoms with Gasteiger partial charge in [0.05, 0.1) is 11.9 Å². The van der Waals surface area contributed by atoms with Gasteiger partial charge in [-0.25, -0.2) is 4.98 Å². The molecule has 5 heteroatoms. The fourth-order valence-corrected chi connectivity index (χ4v) is 2.08. The highest BCUT2D eigenvalue weighted by molar-refractivity contribution is 5.85. The lowest BCUT2D eigenvalue weighted by molar-refractivity contribution is -0.121. The lowest BCUT2D eigenvalue weighted by Crippen LogP contribution is -2.42. The van der Waals surface area contributed by atoms with E-state index in [0.717, 1.165) is 25.1 Å². The minimum Gasteiger partial charge on any atom is -0.384 e. The monoisotopic (exact) mass is 220 g/mol. The Bertz CT molecular complexity index is 376. The molecular weight excluding hydrogens is 204 g/mol. The third-order valence-corrected chi connectivity index (χ3v) is 2.90. The summed E-state index contributed by atoms with van der Waals surface area (Å²) >= 11 is 0. The summed E-state index contributed by atoms with van der Waals surface area (Å²) in [4.78, 5) is 17.8. The fourth-order valence-electron chi connectivity index (χ4n) is 2.08. The SMILES string of the molecule is CNC(=O)C1CCCN1c1ccc(N)nc1. The highest BCUT2D eigenvalue weighted by Crippen LogP contribution is 2.25. The van der Waals surface area contributed by atoms with E-state index in [1.54, 1.807) is 19.3 Å². The van der Waals surface area contributed by atoms with Gasteiger partial charge in [0.2, 0.25) is 5.91 Å². The standard InChI is InChI=1S/C11H16N4O/c1-13-11(16)9-3-2-6-15(9)8-4-5-10(12)14-7-8/h4-5,7,9H,2-3,6H2,1H3,(H2,12,14)(H,13,16). The number of carbonyl (C=O) groups is 1. The molecule has 1 unspecified atom stereocenters. The second-order valence-corrected chi connectivity index (χ2v) is 3.91. The van der Waals surface area contributed by atoms with E-state index >= 15 is 0 Å². The van der Waals surface area contributed by atoms with Crippen LogP contribution in [0.5, 0.6) is 0 Å². The third kappa shape index (κ3) is 1.93. The predicted molar refractivity (Wildman–Crippen MR) is 63.1 cm³/mol. The molecule has 1 aromatic heterocycles. The lowest BCUT2D eigenvalue weighted by Gasteiger charge is -2.25. The Morgan fingerprint density at radius 1 is 1.62 bits per heavy atom. The number of hydrogen-bond donors (Lipinski definition) is 2. The van der Waals surface area contributed by atoms with Crippen molar-refractivity contribution in [2.75, 3.05) is 24.2 Å².